The van der Waals surface area contributed by atoms with Gasteiger partial charge in [0.25, 0.3) is 0 Å². The molecule has 0 aliphatic carbocycles. The van der Waals surface area contributed by atoms with Crippen molar-refractivity contribution in [2.75, 3.05) is 6.54 Å². The van der Waals surface area contributed by atoms with E-state index in [4.69, 9.17) is 5.53 Å². The summed E-state index contributed by atoms with van der Waals surface area (Å²) < 4.78 is 0. The van der Waals surface area contributed by atoms with E-state index in [1.54, 1.807) is 24.5 Å². The molecule has 0 saturated carbocycles. The van der Waals surface area contributed by atoms with Crippen LogP contribution in [0.4, 0.5) is 0 Å². The first kappa shape index (κ1) is 10.1. The molecule has 0 aliphatic heterocycles. The van der Waals surface area contributed by atoms with Crippen LogP contribution in [-0.4, -0.2) is 11.5 Å². The van der Waals surface area contributed by atoms with Crippen LogP contribution in [0.2, 0.25) is 0 Å². The van der Waals surface area contributed by atoms with Crippen molar-refractivity contribution < 1.29 is 0 Å². The molecule has 0 bridgehead atoms. The molecule has 1 rings (SSSR count). The van der Waals surface area contributed by atoms with Gasteiger partial charge in [0.05, 0.1) is 0 Å². The minimum absolute atomic E-state index is 0.0243. The maximum atomic E-state index is 11.2. The summed E-state index contributed by atoms with van der Waals surface area (Å²) in [6, 6.07) is 1.47. The predicted octanol–water partition coefficient (Wildman–Crippen LogP) is 2.09. The van der Waals surface area contributed by atoms with Crippen molar-refractivity contribution in [3.05, 3.63) is 50.8 Å². The third-order valence-corrected chi connectivity index (χ3v) is 1.61. The fraction of sp³-hybridized carbons (Fsp3) is 0.222. The Balaban J connectivity index is 2.56. The van der Waals surface area contributed by atoms with E-state index in [-0.39, 0.29) is 5.43 Å². The number of pyridine rings is 1. The van der Waals surface area contributed by atoms with E-state index >= 15 is 0 Å². The van der Waals surface area contributed by atoms with Gasteiger partial charge in [0, 0.05) is 35.5 Å². The van der Waals surface area contributed by atoms with Crippen molar-refractivity contribution in [2.45, 2.75) is 6.42 Å². The minimum Gasteiger partial charge on any atom is -0.367 e. The molecule has 1 N–H and O–H groups in total. The van der Waals surface area contributed by atoms with E-state index in [0.717, 1.165) is 0 Å². The Morgan fingerprint density at radius 2 is 2.50 bits per heavy atom. The van der Waals surface area contributed by atoms with Crippen LogP contribution < -0.4 is 5.43 Å². The Bertz CT molecular complexity index is 415. The lowest BCUT2D eigenvalue weighted by molar-refractivity contribution is 0.995. The van der Waals surface area contributed by atoms with Gasteiger partial charge in [-0.1, -0.05) is 17.3 Å². The van der Waals surface area contributed by atoms with Crippen LogP contribution in [-0.2, 0) is 0 Å². The first-order chi connectivity index (χ1) is 6.84. The molecule has 0 aromatic carbocycles. The van der Waals surface area contributed by atoms with Gasteiger partial charge in [-0.05, 0) is 12.0 Å². The molecule has 0 atom stereocenters. The van der Waals surface area contributed by atoms with Gasteiger partial charge in [0.2, 0.25) is 0 Å². The van der Waals surface area contributed by atoms with Gasteiger partial charge in [-0.25, -0.2) is 0 Å². The summed E-state index contributed by atoms with van der Waals surface area (Å²) in [5, 5.41) is 3.37. The lowest BCUT2D eigenvalue weighted by Crippen LogP contribution is -2.01. The second kappa shape index (κ2) is 5.61. The average Bonchev–Trinajstić information content (AvgIpc) is 2.20. The smallest absolute Gasteiger partial charge is 0.188 e. The highest BCUT2D eigenvalue weighted by atomic mass is 16.1. The maximum Gasteiger partial charge on any atom is 0.188 e. The quantitative estimate of drug-likeness (QED) is 0.335. The van der Waals surface area contributed by atoms with Crippen molar-refractivity contribution in [3.8, 4) is 0 Å². The van der Waals surface area contributed by atoms with E-state index in [0.29, 0.717) is 18.5 Å². The molecule has 0 aliphatic rings. The van der Waals surface area contributed by atoms with Crippen LogP contribution in [0.25, 0.3) is 16.5 Å². The molecule has 1 heterocycles. The van der Waals surface area contributed by atoms with Crippen molar-refractivity contribution in [1.82, 2.24) is 4.98 Å². The molecule has 0 radical (unpaired) electrons. The normalized spacial score (nSPS) is 10.0. The van der Waals surface area contributed by atoms with Crippen molar-refractivity contribution in [3.63, 3.8) is 0 Å². The fourth-order valence-corrected chi connectivity index (χ4v) is 0.947. The lowest BCUT2D eigenvalue weighted by atomic mass is 10.2. The van der Waals surface area contributed by atoms with E-state index in [1.165, 1.54) is 6.07 Å². The molecular weight excluding hydrogens is 180 g/mol. The van der Waals surface area contributed by atoms with Crippen LogP contribution in [0.5, 0.6) is 0 Å². The summed E-state index contributed by atoms with van der Waals surface area (Å²) in [4.78, 5) is 16.6. The van der Waals surface area contributed by atoms with Crippen LogP contribution in [0.1, 0.15) is 12.0 Å². The molecule has 5 heteroatoms. The minimum atomic E-state index is -0.0243. The number of hydrogen-bond donors (Lipinski definition) is 1. The first-order valence-electron chi connectivity index (χ1n) is 4.19. The SMILES string of the molecule is [N-]=[N+]=NCCC=Cc1c[nH]ccc1=O. The Labute approximate surface area is 80.7 Å². The summed E-state index contributed by atoms with van der Waals surface area (Å²) in [7, 11) is 0. The van der Waals surface area contributed by atoms with Crippen molar-refractivity contribution in [1.29, 1.82) is 0 Å². The van der Waals surface area contributed by atoms with E-state index < -0.39 is 0 Å². The molecule has 14 heavy (non-hydrogen) atoms. The van der Waals surface area contributed by atoms with Crippen LogP contribution in [0.15, 0.2) is 34.4 Å². The topological polar surface area (TPSA) is 81.6 Å². The average molecular weight is 190 g/mol. The highest BCUT2D eigenvalue weighted by Gasteiger charge is 1.90. The van der Waals surface area contributed by atoms with Gasteiger partial charge < -0.3 is 4.98 Å². The Morgan fingerprint density at radius 1 is 1.64 bits per heavy atom. The number of aromatic nitrogens is 1. The van der Waals surface area contributed by atoms with Crippen LogP contribution in [0, 0.1) is 0 Å². The van der Waals surface area contributed by atoms with Gasteiger partial charge in [0.1, 0.15) is 0 Å². The first-order valence-corrected chi connectivity index (χ1v) is 4.19. The van der Waals surface area contributed by atoms with E-state index in [2.05, 4.69) is 15.0 Å². The Kier molecular flexibility index (Phi) is 4.04. The highest BCUT2D eigenvalue weighted by molar-refractivity contribution is 5.47. The van der Waals surface area contributed by atoms with E-state index in [1.807, 2.05) is 0 Å². The molecule has 0 fully saturated rings. The molecule has 1 aromatic rings. The number of nitrogens with one attached hydrogen (secondary N) is 1. The van der Waals surface area contributed by atoms with Gasteiger partial charge in [0.15, 0.2) is 5.43 Å². The molecule has 72 valence electrons. The van der Waals surface area contributed by atoms with Gasteiger partial charge in [-0.3, -0.25) is 4.79 Å². The number of H-pyrrole nitrogens is 1. The summed E-state index contributed by atoms with van der Waals surface area (Å²) in [5.41, 5.74) is 8.59. The lowest BCUT2D eigenvalue weighted by Gasteiger charge is -1.89. The second-order valence-corrected chi connectivity index (χ2v) is 2.61. The number of aromatic amines is 1. The summed E-state index contributed by atoms with van der Waals surface area (Å²) in [6.45, 7) is 0.414. The number of nitrogens with zero attached hydrogens (tertiary/aromatic N) is 3. The zero-order valence-corrected chi connectivity index (χ0v) is 7.55. The fourth-order valence-electron chi connectivity index (χ4n) is 0.947. The van der Waals surface area contributed by atoms with E-state index in [9.17, 15) is 4.79 Å². The monoisotopic (exact) mass is 190 g/mol. The number of azide groups is 1. The zero-order valence-electron chi connectivity index (χ0n) is 7.55. The Morgan fingerprint density at radius 3 is 3.21 bits per heavy atom. The molecule has 0 saturated heterocycles. The van der Waals surface area contributed by atoms with Crippen LogP contribution in [0.3, 0.4) is 0 Å². The second-order valence-electron chi connectivity index (χ2n) is 2.61. The van der Waals surface area contributed by atoms with Gasteiger partial charge in [-0.15, -0.1) is 0 Å². The van der Waals surface area contributed by atoms with Crippen molar-refractivity contribution >= 4 is 6.08 Å². The summed E-state index contributed by atoms with van der Waals surface area (Å²) in [5.74, 6) is 0. The predicted molar refractivity (Wildman–Crippen MR) is 54.7 cm³/mol. The molecule has 0 unspecified atom stereocenters. The number of hydrogen-bond acceptors (Lipinski definition) is 2. The highest BCUT2D eigenvalue weighted by Crippen LogP contribution is 1.94. The zero-order chi connectivity index (χ0) is 10.2. The van der Waals surface area contributed by atoms with Crippen LogP contribution >= 0.6 is 0 Å². The molecule has 1 aromatic heterocycles. The molecule has 0 spiro atoms. The van der Waals surface area contributed by atoms with Gasteiger partial charge in [-0.2, -0.15) is 0 Å². The molecule has 5 nitrogen and oxygen atoms in total. The summed E-state index contributed by atoms with van der Waals surface area (Å²) in [6.07, 6.45) is 7.37. The Hall–Kier alpha value is -2.00. The largest absolute Gasteiger partial charge is 0.367 e. The third-order valence-electron chi connectivity index (χ3n) is 1.61. The maximum absolute atomic E-state index is 11.2. The number of rotatable bonds is 4. The molecular formula is C9H10N4O. The van der Waals surface area contributed by atoms with Crippen molar-refractivity contribution in [2.24, 2.45) is 5.11 Å². The third kappa shape index (κ3) is 3.16. The summed E-state index contributed by atoms with van der Waals surface area (Å²) >= 11 is 0. The standard InChI is InChI=1S/C9H10N4O/c10-13-12-5-2-1-3-8-7-11-6-4-9(8)14/h1,3-4,6-7H,2,5H2,(H,11,14). The van der Waals surface area contributed by atoms with Gasteiger partial charge >= 0.3 is 0 Å². The molecule has 0 amide bonds.